The molecule has 25 heavy (non-hydrogen) atoms. The summed E-state index contributed by atoms with van der Waals surface area (Å²) in [5.41, 5.74) is 0.457. The Bertz CT molecular complexity index is 568. The smallest absolute Gasteiger partial charge is 0.308 e. The van der Waals surface area contributed by atoms with Gasteiger partial charge in [-0.15, -0.1) is 0 Å². The Morgan fingerprint density at radius 1 is 1.36 bits per heavy atom. The van der Waals surface area contributed by atoms with Crippen molar-refractivity contribution < 1.29 is 19.0 Å². The van der Waals surface area contributed by atoms with E-state index >= 15 is 0 Å². The number of carbonyl (C=O) groups is 1. The minimum Gasteiger partial charge on any atom is -0.469 e. The summed E-state index contributed by atoms with van der Waals surface area (Å²) in [6, 6.07) is 6.08. The van der Waals surface area contributed by atoms with Crippen LogP contribution in [0.1, 0.15) is 57.6 Å². The molecular weight excluding hydrogens is 321 g/mol. The molecule has 1 aliphatic rings. The first-order chi connectivity index (χ1) is 11.8. The number of aliphatic hydroxyl groups is 1. The number of ether oxygens (including phenoxy) is 1. The molecule has 0 aliphatic heterocycles. The third-order valence-electron chi connectivity index (χ3n) is 5.19. The molecule has 0 spiro atoms. The molecule has 0 radical (unpaired) electrons. The van der Waals surface area contributed by atoms with Crippen LogP contribution in [0.3, 0.4) is 0 Å². The lowest BCUT2D eigenvalue weighted by atomic mass is 9.76. The van der Waals surface area contributed by atoms with Gasteiger partial charge in [-0.1, -0.05) is 12.1 Å². The van der Waals surface area contributed by atoms with Crippen molar-refractivity contribution in [2.45, 2.75) is 57.6 Å². The maximum atomic E-state index is 13.3. The van der Waals surface area contributed by atoms with Gasteiger partial charge < -0.3 is 15.2 Å². The molecule has 1 saturated carbocycles. The van der Waals surface area contributed by atoms with E-state index in [1.54, 1.807) is 12.1 Å². The number of aliphatic hydroxyl groups excluding tert-OH is 1. The van der Waals surface area contributed by atoms with Crippen LogP contribution in [0.25, 0.3) is 0 Å². The molecule has 0 bridgehead atoms. The van der Waals surface area contributed by atoms with Crippen molar-refractivity contribution in [1.29, 1.82) is 0 Å². The van der Waals surface area contributed by atoms with E-state index in [0.29, 0.717) is 18.0 Å². The monoisotopic (exact) mass is 351 g/mol. The average Bonchev–Trinajstić information content (AvgIpc) is 2.59. The molecule has 0 heterocycles. The van der Waals surface area contributed by atoms with Crippen LogP contribution >= 0.6 is 0 Å². The Hall–Kier alpha value is -1.46. The zero-order valence-electron chi connectivity index (χ0n) is 15.4. The van der Waals surface area contributed by atoms with Crippen LogP contribution in [0.15, 0.2) is 24.3 Å². The number of hydrogen-bond donors (Lipinski definition) is 2. The van der Waals surface area contributed by atoms with Crippen molar-refractivity contribution in [3.8, 4) is 0 Å². The molecule has 1 atom stereocenters. The molecule has 0 amide bonds. The lowest BCUT2D eigenvalue weighted by Gasteiger charge is -2.35. The molecule has 0 aromatic heterocycles. The summed E-state index contributed by atoms with van der Waals surface area (Å²) >= 11 is 0. The van der Waals surface area contributed by atoms with Crippen molar-refractivity contribution in [2.24, 2.45) is 11.8 Å². The number of hydrogen-bond acceptors (Lipinski definition) is 4. The van der Waals surface area contributed by atoms with Gasteiger partial charge in [0.05, 0.1) is 19.1 Å². The summed E-state index contributed by atoms with van der Waals surface area (Å²) in [4.78, 5) is 11.6. The van der Waals surface area contributed by atoms with Crippen molar-refractivity contribution in [3.05, 3.63) is 35.6 Å². The van der Waals surface area contributed by atoms with Crippen molar-refractivity contribution >= 4 is 5.97 Å². The summed E-state index contributed by atoms with van der Waals surface area (Å²) in [6.07, 6.45) is 4.08. The second-order valence-electron chi connectivity index (χ2n) is 7.78. The molecule has 1 fully saturated rings. The van der Waals surface area contributed by atoms with E-state index in [9.17, 15) is 14.3 Å². The van der Waals surface area contributed by atoms with E-state index in [0.717, 1.165) is 32.1 Å². The van der Waals surface area contributed by atoms with Gasteiger partial charge in [0.2, 0.25) is 0 Å². The van der Waals surface area contributed by atoms with E-state index in [2.05, 4.69) is 19.2 Å². The Morgan fingerprint density at radius 2 is 2.04 bits per heavy atom. The van der Waals surface area contributed by atoms with Gasteiger partial charge in [0.25, 0.3) is 0 Å². The number of halogens is 1. The van der Waals surface area contributed by atoms with Gasteiger partial charge >= 0.3 is 5.97 Å². The third kappa shape index (κ3) is 6.08. The van der Waals surface area contributed by atoms with E-state index in [4.69, 9.17) is 4.74 Å². The van der Waals surface area contributed by atoms with Crippen LogP contribution < -0.4 is 5.32 Å². The Kier molecular flexibility index (Phi) is 6.96. The lowest BCUT2D eigenvalue weighted by molar-refractivity contribution is -0.146. The van der Waals surface area contributed by atoms with Crippen LogP contribution in [0, 0.1) is 17.7 Å². The summed E-state index contributed by atoms with van der Waals surface area (Å²) in [7, 11) is 1.45. The first-order valence-corrected chi connectivity index (χ1v) is 9.07. The molecule has 4 nitrogen and oxygen atoms in total. The third-order valence-corrected chi connectivity index (χ3v) is 5.19. The minimum absolute atomic E-state index is 0.0483. The molecule has 140 valence electrons. The average molecular weight is 351 g/mol. The number of β-amino-alcohol motifs (C(OH)–C–C–N with tert-alkyl or cyclic N) is 1. The van der Waals surface area contributed by atoms with Gasteiger partial charge in [-0.25, -0.2) is 4.39 Å². The van der Waals surface area contributed by atoms with E-state index in [-0.39, 0.29) is 23.2 Å². The molecule has 1 aromatic rings. The minimum atomic E-state index is -0.731. The topological polar surface area (TPSA) is 58.6 Å². The maximum Gasteiger partial charge on any atom is 0.308 e. The lowest BCUT2D eigenvalue weighted by Crippen LogP contribution is -2.43. The summed E-state index contributed by atoms with van der Waals surface area (Å²) in [5, 5.41) is 13.7. The predicted octanol–water partition coefficient (Wildman–Crippen LogP) is 3.60. The van der Waals surface area contributed by atoms with Gasteiger partial charge in [-0.2, -0.15) is 0 Å². The summed E-state index contributed by atoms with van der Waals surface area (Å²) in [5.74, 6) is 0.189. The normalized spacial score (nSPS) is 22.4. The highest BCUT2D eigenvalue weighted by molar-refractivity contribution is 5.72. The zero-order valence-corrected chi connectivity index (χ0v) is 15.4. The number of esters is 1. The SMILES string of the molecule is COC(=O)C1CCC(CC(C)(C)NC[C@H](O)c2cccc(F)c2)CC1. The van der Waals surface area contributed by atoms with Crippen LogP contribution in [-0.2, 0) is 9.53 Å². The quantitative estimate of drug-likeness (QED) is 0.737. The van der Waals surface area contributed by atoms with Crippen LogP contribution in [0.5, 0.6) is 0 Å². The number of methoxy groups -OCH3 is 1. The van der Waals surface area contributed by atoms with E-state index < -0.39 is 6.10 Å². The molecule has 2 N–H and O–H groups in total. The molecular formula is C20H30FNO3. The van der Waals surface area contributed by atoms with Crippen molar-refractivity contribution in [1.82, 2.24) is 5.32 Å². The molecule has 1 aromatic carbocycles. The van der Waals surface area contributed by atoms with Crippen LogP contribution in [0.2, 0.25) is 0 Å². The van der Waals surface area contributed by atoms with Gasteiger partial charge in [-0.3, -0.25) is 4.79 Å². The molecule has 5 heteroatoms. The van der Waals surface area contributed by atoms with Crippen molar-refractivity contribution in [2.75, 3.05) is 13.7 Å². The summed E-state index contributed by atoms with van der Waals surface area (Å²) in [6.45, 7) is 4.63. The molecule has 1 aliphatic carbocycles. The van der Waals surface area contributed by atoms with Crippen molar-refractivity contribution in [3.63, 3.8) is 0 Å². The van der Waals surface area contributed by atoms with Crippen LogP contribution in [-0.4, -0.2) is 30.3 Å². The predicted molar refractivity (Wildman–Crippen MR) is 95.5 cm³/mol. The molecule has 0 saturated heterocycles. The fourth-order valence-corrected chi connectivity index (χ4v) is 3.77. The van der Waals surface area contributed by atoms with Gasteiger partial charge in [-0.05, 0) is 69.6 Å². The second kappa shape index (κ2) is 8.77. The Labute approximate surface area is 149 Å². The van der Waals surface area contributed by atoms with Gasteiger partial charge in [0.1, 0.15) is 5.82 Å². The first kappa shape index (κ1) is 19.9. The zero-order chi connectivity index (χ0) is 18.4. The Balaban J connectivity index is 1.79. The number of benzene rings is 1. The van der Waals surface area contributed by atoms with Gasteiger partial charge in [0.15, 0.2) is 0 Å². The standard InChI is InChI=1S/C20H30FNO3/c1-20(2,12-14-7-9-15(10-8-14)19(24)25-3)22-13-18(23)16-5-4-6-17(21)11-16/h4-6,11,14-15,18,22-23H,7-10,12-13H2,1-3H3/t14?,15?,18-/m0/s1. The molecule has 2 rings (SSSR count). The fourth-order valence-electron chi connectivity index (χ4n) is 3.77. The highest BCUT2D eigenvalue weighted by Crippen LogP contribution is 2.34. The molecule has 0 unspecified atom stereocenters. The fraction of sp³-hybridized carbons (Fsp3) is 0.650. The van der Waals surface area contributed by atoms with E-state index in [1.807, 2.05) is 0 Å². The highest BCUT2D eigenvalue weighted by atomic mass is 19.1. The summed E-state index contributed by atoms with van der Waals surface area (Å²) < 4.78 is 18.1. The van der Waals surface area contributed by atoms with Gasteiger partial charge in [0, 0.05) is 12.1 Å². The number of carbonyl (C=O) groups excluding carboxylic acids is 1. The maximum absolute atomic E-state index is 13.3. The van der Waals surface area contributed by atoms with E-state index in [1.165, 1.54) is 19.2 Å². The second-order valence-corrected chi connectivity index (χ2v) is 7.78. The van der Waals surface area contributed by atoms with Crippen LogP contribution in [0.4, 0.5) is 4.39 Å². The number of nitrogens with one attached hydrogen (secondary N) is 1. The Morgan fingerprint density at radius 3 is 2.64 bits per heavy atom. The number of rotatable bonds is 7. The largest absolute Gasteiger partial charge is 0.469 e. The highest BCUT2D eigenvalue weighted by Gasteiger charge is 2.30. The first-order valence-electron chi connectivity index (χ1n) is 9.07.